The number of nitrogens with one attached hydrogen (secondary N) is 1. The number of aryl methyl sites for hydroxylation is 1. The number of rotatable bonds is 5. The zero-order valence-electron chi connectivity index (χ0n) is 16.4. The van der Waals surface area contributed by atoms with Gasteiger partial charge in [0, 0.05) is 30.3 Å². The Balaban J connectivity index is 2.00. The zero-order valence-corrected chi connectivity index (χ0v) is 17.2. The third-order valence-corrected chi connectivity index (χ3v) is 4.56. The Morgan fingerprint density at radius 1 is 1.33 bits per heavy atom. The second-order valence-electron chi connectivity index (χ2n) is 6.50. The van der Waals surface area contributed by atoms with E-state index in [-0.39, 0.29) is 45.7 Å². The molecule has 30 heavy (non-hydrogen) atoms. The minimum atomic E-state index is -0.750. The summed E-state index contributed by atoms with van der Waals surface area (Å²) in [6.45, 7) is 5.12. The number of hydrogen-bond acceptors (Lipinski definition) is 6. The molecule has 3 rings (SSSR count). The average molecular weight is 437 g/mol. The fourth-order valence-corrected chi connectivity index (χ4v) is 3.03. The average Bonchev–Trinajstić information content (AvgIpc) is 3.12. The molecule has 0 saturated carbocycles. The van der Waals surface area contributed by atoms with Gasteiger partial charge in [0.2, 0.25) is 11.7 Å². The third kappa shape index (κ3) is 4.39. The molecule has 0 radical (unpaired) electrons. The molecule has 0 aliphatic heterocycles. The van der Waals surface area contributed by atoms with Crippen LogP contribution >= 0.6 is 11.6 Å². The van der Waals surface area contributed by atoms with Crippen molar-refractivity contribution in [3.63, 3.8) is 0 Å². The lowest BCUT2D eigenvalue weighted by Gasteiger charge is -2.20. The van der Waals surface area contributed by atoms with Gasteiger partial charge in [0.15, 0.2) is 0 Å². The number of nitrogens with zero attached hydrogens (tertiary/aromatic N) is 4. The largest absolute Gasteiger partial charge is 0.339 e. The highest BCUT2D eigenvalue weighted by molar-refractivity contribution is 6.31. The van der Waals surface area contributed by atoms with Crippen molar-refractivity contribution in [1.29, 1.82) is 0 Å². The molecule has 2 amide bonds. The van der Waals surface area contributed by atoms with Crippen molar-refractivity contribution >= 4 is 17.6 Å². The number of hydrazine groups is 1. The number of nitrogens with two attached hydrogens (primary N) is 1. The van der Waals surface area contributed by atoms with Crippen LogP contribution in [0.2, 0.25) is 5.02 Å². The molecule has 0 aliphatic carbocycles. The monoisotopic (exact) mass is 436 g/mol. The Morgan fingerprint density at radius 2 is 2.07 bits per heavy atom. The maximum atomic E-state index is 14.8. The van der Waals surface area contributed by atoms with E-state index in [1.807, 2.05) is 0 Å². The third-order valence-electron chi connectivity index (χ3n) is 4.34. The summed E-state index contributed by atoms with van der Waals surface area (Å²) in [6.07, 6.45) is 1.35. The maximum Gasteiger partial charge on any atom is 0.332 e. The van der Waals surface area contributed by atoms with Crippen molar-refractivity contribution in [1.82, 2.24) is 25.5 Å². The van der Waals surface area contributed by atoms with Gasteiger partial charge in [-0.15, -0.1) is 0 Å². The van der Waals surface area contributed by atoms with E-state index in [2.05, 4.69) is 20.4 Å². The summed E-state index contributed by atoms with van der Waals surface area (Å²) in [5, 5.41) is 7.36. The van der Waals surface area contributed by atoms with Gasteiger partial charge in [-0.3, -0.25) is 9.99 Å². The van der Waals surface area contributed by atoms with Gasteiger partial charge in [0.1, 0.15) is 11.6 Å². The normalized spacial score (nSPS) is 12.0. The molecule has 1 aromatic carbocycles. The number of carbonyl (C=O) groups is 1. The maximum absolute atomic E-state index is 14.8. The van der Waals surface area contributed by atoms with E-state index in [0.29, 0.717) is 0 Å². The Labute approximate surface area is 176 Å². The van der Waals surface area contributed by atoms with Crippen molar-refractivity contribution < 1.29 is 18.1 Å². The van der Waals surface area contributed by atoms with E-state index in [1.165, 1.54) is 18.3 Å². The highest BCUT2D eigenvalue weighted by atomic mass is 35.5. The minimum absolute atomic E-state index is 0.00365. The molecule has 2 aromatic heterocycles. The van der Waals surface area contributed by atoms with Crippen LogP contribution in [0.3, 0.4) is 0 Å². The summed E-state index contributed by atoms with van der Waals surface area (Å²) in [5.74, 6) is 4.39. The van der Waals surface area contributed by atoms with Crippen molar-refractivity contribution in [2.45, 2.75) is 26.8 Å². The number of carbonyl (C=O) groups excluding carboxylic acids is 1. The summed E-state index contributed by atoms with van der Waals surface area (Å²) in [7, 11) is 0. The van der Waals surface area contributed by atoms with Crippen LogP contribution < -0.4 is 11.2 Å². The van der Waals surface area contributed by atoms with Gasteiger partial charge in [0.05, 0.1) is 17.3 Å². The van der Waals surface area contributed by atoms with E-state index < -0.39 is 23.7 Å². The number of amides is 2. The lowest BCUT2D eigenvalue weighted by molar-refractivity contribution is 0.198. The van der Waals surface area contributed by atoms with E-state index in [1.54, 1.807) is 20.8 Å². The number of benzene rings is 1. The van der Waals surface area contributed by atoms with Gasteiger partial charge in [-0.1, -0.05) is 16.8 Å². The quantitative estimate of drug-likeness (QED) is 0.355. The van der Waals surface area contributed by atoms with Crippen LogP contribution in [0.15, 0.2) is 28.9 Å². The van der Waals surface area contributed by atoms with E-state index in [0.717, 1.165) is 11.1 Å². The van der Waals surface area contributed by atoms with Crippen LogP contribution in [0.1, 0.15) is 31.5 Å². The number of pyridine rings is 1. The smallest absolute Gasteiger partial charge is 0.332 e. The van der Waals surface area contributed by atoms with Crippen LogP contribution in [-0.2, 0) is 0 Å². The zero-order chi connectivity index (χ0) is 22.0. The van der Waals surface area contributed by atoms with Crippen LogP contribution in [0.4, 0.5) is 13.6 Å². The second kappa shape index (κ2) is 8.72. The molecule has 3 aromatic rings. The predicted octanol–water partition coefficient (Wildman–Crippen LogP) is 4.00. The molecule has 0 fully saturated rings. The van der Waals surface area contributed by atoms with E-state index >= 15 is 0 Å². The van der Waals surface area contributed by atoms with Gasteiger partial charge in [0.25, 0.3) is 0 Å². The van der Waals surface area contributed by atoms with Crippen LogP contribution in [0.5, 0.6) is 0 Å². The highest BCUT2D eigenvalue weighted by Gasteiger charge is 2.22. The van der Waals surface area contributed by atoms with Crippen molar-refractivity contribution in [2.75, 3.05) is 6.54 Å². The number of aromatic nitrogens is 3. The van der Waals surface area contributed by atoms with Crippen molar-refractivity contribution in [2.24, 2.45) is 5.84 Å². The standard InChI is InChI=1S/C19H19ClF2N6O2/c1-4-28(23)19(29)25-9(2)17-15(22)5-11(8-24-17)13-6-12(20)7-14(21)16(13)18-26-10(3)30-27-18/h5-9H,4,23H2,1-3H3,(H,25,29)/t9-/m1/s1. The molecule has 2 heterocycles. The molecule has 8 nitrogen and oxygen atoms in total. The first-order valence-corrected chi connectivity index (χ1v) is 9.37. The number of urea groups is 1. The van der Waals surface area contributed by atoms with Crippen LogP contribution in [0.25, 0.3) is 22.5 Å². The predicted molar refractivity (Wildman–Crippen MR) is 106 cm³/mol. The van der Waals surface area contributed by atoms with Gasteiger partial charge in [-0.2, -0.15) is 4.98 Å². The highest BCUT2D eigenvalue weighted by Crippen LogP contribution is 2.36. The van der Waals surface area contributed by atoms with Crippen LogP contribution in [0, 0.1) is 18.6 Å². The fourth-order valence-electron chi connectivity index (χ4n) is 2.82. The Hall–Kier alpha value is -3.11. The topological polar surface area (TPSA) is 110 Å². The molecule has 11 heteroatoms. The molecular weight excluding hydrogens is 418 g/mol. The molecule has 158 valence electrons. The first-order chi connectivity index (χ1) is 14.2. The molecule has 0 saturated heterocycles. The first-order valence-electron chi connectivity index (χ1n) is 8.99. The number of halogens is 3. The van der Waals surface area contributed by atoms with E-state index in [4.69, 9.17) is 22.0 Å². The van der Waals surface area contributed by atoms with Gasteiger partial charge in [-0.25, -0.2) is 19.4 Å². The lowest BCUT2D eigenvalue weighted by atomic mass is 9.99. The lowest BCUT2D eigenvalue weighted by Crippen LogP contribution is -2.45. The van der Waals surface area contributed by atoms with Crippen molar-refractivity contribution in [3.8, 4) is 22.5 Å². The fraction of sp³-hybridized carbons (Fsp3) is 0.263. The molecule has 0 bridgehead atoms. The van der Waals surface area contributed by atoms with Crippen LogP contribution in [-0.4, -0.2) is 32.7 Å². The summed E-state index contributed by atoms with van der Waals surface area (Å²) >= 11 is 6.00. The molecule has 0 spiro atoms. The Kier molecular flexibility index (Phi) is 6.28. The second-order valence-corrected chi connectivity index (χ2v) is 6.93. The Bertz CT molecular complexity index is 1090. The molecule has 3 N–H and O–H groups in total. The van der Waals surface area contributed by atoms with Gasteiger partial charge >= 0.3 is 6.03 Å². The van der Waals surface area contributed by atoms with Gasteiger partial charge < -0.3 is 9.84 Å². The summed E-state index contributed by atoms with van der Waals surface area (Å²) in [6, 6.07) is 2.42. The molecule has 0 aliphatic rings. The van der Waals surface area contributed by atoms with Crippen molar-refractivity contribution in [3.05, 3.63) is 52.6 Å². The minimum Gasteiger partial charge on any atom is -0.339 e. The summed E-state index contributed by atoms with van der Waals surface area (Å²) < 4.78 is 34.4. The molecule has 0 unspecified atom stereocenters. The molecule has 1 atom stereocenters. The number of hydrogen-bond donors (Lipinski definition) is 2. The molecular formula is C19H19ClF2N6O2. The first kappa shape index (κ1) is 21.6. The summed E-state index contributed by atoms with van der Waals surface area (Å²) in [5.41, 5.74) is 0.501. The van der Waals surface area contributed by atoms with Gasteiger partial charge in [-0.05, 0) is 37.6 Å². The SMILES string of the molecule is CCN(N)C(=O)N[C@H](C)c1ncc(-c2cc(Cl)cc(F)c2-c2noc(C)n2)cc1F. The van der Waals surface area contributed by atoms with E-state index in [9.17, 15) is 13.6 Å². The summed E-state index contributed by atoms with van der Waals surface area (Å²) in [4.78, 5) is 20.1. The Morgan fingerprint density at radius 3 is 2.67 bits per heavy atom.